The molecule has 0 aromatic carbocycles. The molecule has 1 N–H and O–H groups in total. The zero-order valence-electron chi connectivity index (χ0n) is 5.20. The molecule has 0 aliphatic heterocycles. The number of hydrogen-bond donors (Lipinski definition) is 1. The van der Waals surface area contributed by atoms with Gasteiger partial charge in [0.05, 0.1) is 0 Å². The first kappa shape index (κ1) is 9.25. The van der Waals surface area contributed by atoms with Gasteiger partial charge in [-0.15, -0.1) is 0 Å². The van der Waals surface area contributed by atoms with Crippen molar-refractivity contribution < 1.29 is 22.5 Å². The smallest absolute Gasteiger partial charge is 0.343 e. The van der Waals surface area contributed by atoms with E-state index in [0.29, 0.717) is 0 Å². The highest BCUT2D eigenvalue weighted by atomic mass is 32.2. The summed E-state index contributed by atoms with van der Waals surface area (Å²) in [6.45, 7) is 1.18. The van der Waals surface area contributed by atoms with Gasteiger partial charge >= 0.3 is 17.3 Å². The summed E-state index contributed by atoms with van der Waals surface area (Å²) in [5, 5.41) is 0. The van der Waals surface area contributed by atoms with Gasteiger partial charge in [0.25, 0.3) is 0 Å². The molecule has 0 saturated carbocycles. The lowest BCUT2D eigenvalue weighted by Gasteiger charge is -1.93. The normalized spacial score (nSPS) is 12.2. The number of rotatable bonds is 3. The molecule has 0 aliphatic carbocycles. The van der Waals surface area contributed by atoms with Crippen LogP contribution in [0.4, 0.5) is 0 Å². The first-order valence-electron chi connectivity index (χ1n) is 2.34. The molecule has 1 unspecified atom stereocenters. The van der Waals surface area contributed by atoms with Gasteiger partial charge in [0.2, 0.25) is 0 Å². The summed E-state index contributed by atoms with van der Waals surface area (Å²) in [7, 11) is 0. The second kappa shape index (κ2) is 4.13. The van der Waals surface area contributed by atoms with E-state index in [-0.39, 0.29) is 0 Å². The molecule has 0 amide bonds. The molecule has 0 fully saturated rings. The van der Waals surface area contributed by atoms with Crippen LogP contribution in [0.1, 0.15) is 13.3 Å². The van der Waals surface area contributed by atoms with Crippen molar-refractivity contribution in [1.82, 2.24) is 0 Å². The summed E-state index contributed by atoms with van der Waals surface area (Å²) < 4.78 is 21.4. The minimum absolute atomic E-state index is 0.407. The molecule has 10 heavy (non-hydrogen) atoms. The summed E-state index contributed by atoms with van der Waals surface area (Å²) in [6, 6.07) is 0. The van der Waals surface area contributed by atoms with E-state index in [1.165, 1.54) is 6.92 Å². The van der Waals surface area contributed by atoms with Crippen LogP contribution >= 0.6 is 0 Å². The third-order valence-corrected chi connectivity index (χ3v) is 0.886. The van der Waals surface area contributed by atoms with E-state index in [9.17, 15) is 13.8 Å². The van der Waals surface area contributed by atoms with E-state index in [2.05, 4.69) is 4.18 Å². The molecule has 0 bridgehead atoms. The molecule has 0 rings (SSSR count). The monoisotopic (exact) mass is 166 g/mol. The molecule has 0 aliphatic rings. The minimum atomic E-state index is -2.61. The highest BCUT2D eigenvalue weighted by molar-refractivity contribution is 7.74. The summed E-state index contributed by atoms with van der Waals surface area (Å²) in [5.74, 6) is -1.40. The van der Waals surface area contributed by atoms with Gasteiger partial charge in [0, 0.05) is 0 Å². The SMILES string of the molecule is CC(=O)CC(=O)OS(=O)O. The van der Waals surface area contributed by atoms with Crippen LogP contribution in [-0.4, -0.2) is 20.5 Å². The van der Waals surface area contributed by atoms with Crippen molar-refractivity contribution in [2.75, 3.05) is 0 Å². The van der Waals surface area contributed by atoms with Gasteiger partial charge in [0.1, 0.15) is 12.2 Å². The summed E-state index contributed by atoms with van der Waals surface area (Å²) in [6.07, 6.45) is -0.466. The molecule has 1 atom stereocenters. The lowest BCUT2D eigenvalue weighted by Crippen LogP contribution is -2.09. The minimum Gasteiger partial charge on any atom is -0.343 e. The molecule has 0 radical (unpaired) electrons. The van der Waals surface area contributed by atoms with Crippen LogP contribution in [0, 0.1) is 0 Å². The number of ketones is 1. The Hall–Kier alpha value is -0.750. The fourth-order valence-corrected chi connectivity index (χ4v) is 0.530. The topological polar surface area (TPSA) is 80.7 Å². The van der Waals surface area contributed by atoms with Crippen LogP contribution in [0.2, 0.25) is 0 Å². The average molecular weight is 166 g/mol. The standard InChI is InChI=1S/C4H6O5S/c1-3(5)2-4(6)9-10(7)8/h2H2,1H3,(H,7,8). The summed E-state index contributed by atoms with van der Waals surface area (Å²) in [5.41, 5.74) is 0. The summed E-state index contributed by atoms with van der Waals surface area (Å²) in [4.78, 5) is 20.4. The highest BCUT2D eigenvalue weighted by Crippen LogP contribution is 1.88. The molecule has 0 spiro atoms. The molecule has 0 aromatic heterocycles. The first-order chi connectivity index (χ1) is 4.52. The van der Waals surface area contributed by atoms with Crippen LogP contribution < -0.4 is 0 Å². The van der Waals surface area contributed by atoms with Gasteiger partial charge < -0.3 is 4.18 Å². The van der Waals surface area contributed by atoms with Gasteiger partial charge in [-0.25, -0.2) is 0 Å². The zero-order valence-corrected chi connectivity index (χ0v) is 6.01. The molecule has 58 valence electrons. The Morgan fingerprint density at radius 3 is 2.40 bits per heavy atom. The quantitative estimate of drug-likeness (QED) is 0.457. The van der Waals surface area contributed by atoms with Gasteiger partial charge in [-0.05, 0) is 6.92 Å². The Labute approximate surface area is 59.9 Å². The van der Waals surface area contributed by atoms with Crippen molar-refractivity contribution in [2.45, 2.75) is 13.3 Å². The Balaban J connectivity index is 3.65. The lowest BCUT2D eigenvalue weighted by molar-refractivity contribution is -0.137. The second-order valence-corrected chi connectivity index (χ2v) is 2.15. The number of Topliss-reactive ketones (excluding diaryl/α,β-unsaturated/α-hetero) is 1. The van der Waals surface area contributed by atoms with Crippen molar-refractivity contribution >= 4 is 23.1 Å². The Bertz CT molecular complexity index is 156. The third-order valence-electron chi connectivity index (χ3n) is 0.558. The van der Waals surface area contributed by atoms with Gasteiger partial charge in [-0.2, -0.15) is 4.21 Å². The van der Waals surface area contributed by atoms with Gasteiger partial charge in [-0.3, -0.25) is 14.1 Å². The predicted molar refractivity (Wildman–Crippen MR) is 32.2 cm³/mol. The largest absolute Gasteiger partial charge is 0.360 e. The Morgan fingerprint density at radius 2 is 2.10 bits per heavy atom. The maximum Gasteiger partial charge on any atom is 0.360 e. The van der Waals surface area contributed by atoms with E-state index < -0.39 is 29.5 Å². The van der Waals surface area contributed by atoms with Crippen LogP contribution in [-0.2, 0) is 25.1 Å². The third kappa shape index (κ3) is 5.39. The molecule has 0 saturated heterocycles. The fourth-order valence-electron chi connectivity index (χ4n) is 0.312. The van der Waals surface area contributed by atoms with Gasteiger partial charge in [0.15, 0.2) is 0 Å². The molecule has 0 aromatic rings. The lowest BCUT2D eigenvalue weighted by atomic mass is 10.3. The van der Waals surface area contributed by atoms with Gasteiger partial charge in [-0.1, -0.05) is 0 Å². The first-order valence-corrected chi connectivity index (χ1v) is 3.37. The van der Waals surface area contributed by atoms with Crippen LogP contribution in [0.5, 0.6) is 0 Å². The molecule has 0 heterocycles. The number of hydrogen-bond acceptors (Lipinski definition) is 4. The van der Waals surface area contributed by atoms with Crippen LogP contribution in [0.25, 0.3) is 0 Å². The predicted octanol–water partition coefficient (Wildman–Crippen LogP) is -0.355. The highest BCUT2D eigenvalue weighted by Gasteiger charge is 2.08. The Kier molecular flexibility index (Phi) is 3.82. The Morgan fingerprint density at radius 1 is 1.60 bits per heavy atom. The maximum absolute atomic E-state index is 10.3. The fraction of sp³-hybridized carbons (Fsp3) is 0.500. The maximum atomic E-state index is 10.3. The second-order valence-electron chi connectivity index (χ2n) is 1.55. The van der Waals surface area contributed by atoms with Crippen molar-refractivity contribution in [3.8, 4) is 0 Å². The summed E-state index contributed by atoms with van der Waals surface area (Å²) >= 11 is -2.61. The molecular weight excluding hydrogens is 160 g/mol. The molecule has 5 nitrogen and oxygen atoms in total. The van der Waals surface area contributed by atoms with Crippen molar-refractivity contribution in [2.24, 2.45) is 0 Å². The van der Waals surface area contributed by atoms with Crippen LogP contribution in [0.3, 0.4) is 0 Å². The molecular formula is C4H6O5S. The van der Waals surface area contributed by atoms with E-state index in [1.807, 2.05) is 0 Å². The van der Waals surface area contributed by atoms with E-state index in [4.69, 9.17) is 4.55 Å². The van der Waals surface area contributed by atoms with E-state index in [1.54, 1.807) is 0 Å². The zero-order chi connectivity index (χ0) is 8.15. The molecule has 6 heteroatoms. The van der Waals surface area contributed by atoms with Crippen LogP contribution in [0.15, 0.2) is 0 Å². The van der Waals surface area contributed by atoms with Crippen molar-refractivity contribution in [3.05, 3.63) is 0 Å². The number of carbonyl (C=O) groups excluding carboxylic acids is 2. The van der Waals surface area contributed by atoms with Crippen molar-refractivity contribution in [1.29, 1.82) is 0 Å². The number of carbonyl (C=O) groups is 2. The van der Waals surface area contributed by atoms with Crippen molar-refractivity contribution in [3.63, 3.8) is 0 Å². The van der Waals surface area contributed by atoms with E-state index >= 15 is 0 Å². The average Bonchev–Trinajstić information content (AvgIpc) is 1.58. The van der Waals surface area contributed by atoms with E-state index in [0.717, 1.165) is 0 Å².